The van der Waals surface area contributed by atoms with Crippen LogP contribution in [0.3, 0.4) is 0 Å². The van der Waals surface area contributed by atoms with E-state index < -0.39 is 0 Å². The van der Waals surface area contributed by atoms with E-state index in [-0.39, 0.29) is 12.8 Å². The number of hydrogen-bond donors (Lipinski definition) is 1. The van der Waals surface area contributed by atoms with Gasteiger partial charge in [-0.15, -0.1) is 0 Å². The molecule has 0 spiro atoms. The zero-order valence-corrected chi connectivity index (χ0v) is 10.9. The lowest BCUT2D eigenvalue weighted by Gasteiger charge is -2.37. The molecule has 2 aliphatic rings. The van der Waals surface area contributed by atoms with E-state index in [1.165, 1.54) is 38.5 Å². The second-order valence-electron chi connectivity index (χ2n) is 6.18. The van der Waals surface area contributed by atoms with Crippen molar-refractivity contribution in [2.75, 3.05) is 6.67 Å². The lowest BCUT2D eigenvalue weighted by atomic mass is 9.70. The quantitative estimate of drug-likeness (QED) is 0.787. The molecule has 17 heavy (non-hydrogen) atoms. The van der Waals surface area contributed by atoms with Gasteiger partial charge in [-0.25, -0.2) is 0 Å². The lowest BCUT2D eigenvalue weighted by molar-refractivity contribution is 0.0762. The molecule has 0 radical (unpaired) electrons. The van der Waals surface area contributed by atoms with Crippen molar-refractivity contribution in [1.82, 2.24) is 0 Å². The zero-order valence-electron chi connectivity index (χ0n) is 10.9. The summed E-state index contributed by atoms with van der Waals surface area (Å²) in [4.78, 5) is 0. The SMILES string of the molecule is OC1CCC(C2CCC(CCCF)CC2)CC1. The summed E-state index contributed by atoms with van der Waals surface area (Å²) in [5.41, 5.74) is 0. The van der Waals surface area contributed by atoms with Crippen LogP contribution in [0.4, 0.5) is 4.39 Å². The van der Waals surface area contributed by atoms with Crippen LogP contribution in [-0.4, -0.2) is 17.9 Å². The Balaban J connectivity index is 1.68. The number of aliphatic hydroxyl groups excluding tert-OH is 1. The molecule has 0 amide bonds. The topological polar surface area (TPSA) is 20.2 Å². The molecule has 100 valence electrons. The molecule has 1 nitrogen and oxygen atoms in total. The van der Waals surface area contributed by atoms with E-state index in [1.54, 1.807) is 0 Å². The van der Waals surface area contributed by atoms with Crippen molar-refractivity contribution in [1.29, 1.82) is 0 Å². The Labute approximate surface area is 105 Å². The summed E-state index contributed by atoms with van der Waals surface area (Å²) in [6.45, 7) is -0.138. The molecule has 0 bridgehead atoms. The maximum absolute atomic E-state index is 12.1. The molecule has 2 heteroatoms. The molecule has 0 aliphatic heterocycles. The van der Waals surface area contributed by atoms with Crippen molar-refractivity contribution < 1.29 is 9.50 Å². The highest BCUT2D eigenvalue weighted by molar-refractivity contribution is 4.81. The van der Waals surface area contributed by atoms with Gasteiger partial charge in [0.05, 0.1) is 12.8 Å². The van der Waals surface area contributed by atoms with Crippen molar-refractivity contribution in [3.8, 4) is 0 Å². The first kappa shape index (κ1) is 13.3. The molecule has 0 aromatic rings. The van der Waals surface area contributed by atoms with Crippen LogP contribution >= 0.6 is 0 Å². The third-order valence-electron chi connectivity index (χ3n) is 5.05. The molecule has 0 aromatic carbocycles. The van der Waals surface area contributed by atoms with Crippen LogP contribution < -0.4 is 0 Å². The first-order valence-electron chi connectivity index (χ1n) is 7.53. The highest BCUT2D eigenvalue weighted by Gasteiger charge is 2.30. The summed E-state index contributed by atoms with van der Waals surface area (Å²) in [7, 11) is 0. The van der Waals surface area contributed by atoms with Crippen molar-refractivity contribution in [3.63, 3.8) is 0 Å². The van der Waals surface area contributed by atoms with Crippen LogP contribution in [0.5, 0.6) is 0 Å². The van der Waals surface area contributed by atoms with Crippen molar-refractivity contribution in [2.45, 2.75) is 70.3 Å². The Kier molecular flexibility index (Phi) is 5.27. The van der Waals surface area contributed by atoms with Gasteiger partial charge in [-0.2, -0.15) is 0 Å². The predicted molar refractivity (Wildman–Crippen MR) is 68.6 cm³/mol. The van der Waals surface area contributed by atoms with Gasteiger partial charge in [0.15, 0.2) is 0 Å². The van der Waals surface area contributed by atoms with Crippen LogP contribution in [0.2, 0.25) is 0 Å². The summed E-state index contributed by atoms with van der Waals surface area (Å²) in [5, 5.41) is 9.53. The Bertz CT molecular complexity index is 203. The molecule has 0 unspecified atom stereocenters. The van der Waals surface area contributed by atoms with Gasteiger partial charge in [0.1, 0.15) is 0 Å². The van der Waals surface area contributed by atoms with Crippen LogP contribution in [0, 0.1) is 17.8 Å². The van der Waals surface area contributed by atoms with Crippen molar-refractivity contribution >= 4 is 0 Å². The highest BCUT2D eigenvalue weighted by Crippen LogP contribution is 2.40. The summed E-state index contributed by atoms with van der Waals surface area (Å²) < 4.78 is 12.1. The van der Waals surface area contributed by atoms with Gasteiger partial charge < -0.3 is 5.11 Å². The summed E-state index contributed by atoms with van der Waals surface area (Å²) in [6.07, 6.45) is 11.7. The minimum Gasteiger partial charge on any atom is -0.393 e. The van der Waals surface area contributed by atoms with Gasteiger partial charge in [-0.05, 0) is 69.1 Å². The normalized spacial score (nSPS) is 39.2. The summed E-state index contributed by atoms with van der Waals surface area (Å²) >= 11 is 0. The minimum absolute atomic E-state index is 0.0212. The zero-order chi connectivity index (χ0) is 12.1. The Hall–Kier alpha value is -0.110. The van der Waals surface area contributed by atoms with Crippen LogP contribution in [0.15, 0.2) is 0 Å². The van der Waals surface area contributed by atoms with E-state index in [1.807, 2.05) is 0 Å². The Morgan fingerprint density at radius 3 is 1.88 bits per heavy atom. The van der Waals surface area contributed by atoms with Crippen LogP contribution in [-0.2, 0) is 0 Å². The molecule has 1 N–H and O–H groups in total. The van der Waals surface area contributed by atoms with Gasteiger partial charge in [0.2, 0.25) is 0 Å². The third-order valence-corrected chi connectivity index (χ3v) is 5.05. The van der Waals surface area contributed by atoms with Gasteiger partial charge in [-0.1, -0.05) is 12.8 Å². The highest BCUT2D eigenvalue weighted by atomic mass is 19.1. The van der Waals surface area contributed by atoms with Gasteiger partial charge in [0, 0.05) is 0 Å². The Morgan fingerprint density at radius 2 is 1.35 bits per heavy atom. The molecule has 2 fully saturated rings. The largest absolute Gasteiger partial charge is 0.393 e. The molecular formula is C15H27FO. The second-order valence-corrected chi connectivity index (χ2v) is 6.18. The lowest BCUT2D eigenvalue weighted by Crippen LogP contribution is -2.27. The van der Waals surface area contributed by atoms with E-state index in [4.69, 9.17) is 0 Å². The van der Waals surface area contributed by atoms with Gasteiger partial charge in [0.25, 0.3) is 0 Å². The standard InChI is InChI=1S/C15H27FO/c16-11-1-2-12-3-5-13(6-4-12)14-7-9-15(17)10-8-14/h12-15,17H,1-11H2. The van der Waals surface area contributed by atoms with E-state index in [9.17, 15) is 9.50 Å². The first-order valence-corrected chi connectivity index (χ1v) is 7.53. The van der Waals surface area contributed by atoms with E-state index in [0.29, 0.717) is 0 Å². The van der Waals surface area contributed by atoms with E-state index in [0.717, 1.165) is 43.4 Å². The molecule has 0 aromatic heterocycles. The fourth-order valence-electron chi connectivity index (χ4n) is 3.89. The molecule has 2 aliphatic carbocycles. The molecule has 0 atom stereocenters. The maximum atomic E-state index is 12.1. The van der Waals surface area contributed by atoms with Crippen molar-refractivity contribution in [2.24, 2.45) is 17.8 Å². The molecule has 0 heterocycles. The number of rotatable bonds is 4. The fraction of sp³-hybridized carbons (Fsp3) is 1.00. The van der Waals surface area contributed by atoms with Crippen LogP contribution in [0.25, 0.3) is 0 Å². The number of alkyl halides is 1. The van der Waals surface area contributed by atoms with Crippen molar-refractivity contribution in [3.05, 3.63) is 0 Å². The number of hydrogen-bond acceptors (Lipinski definition) is 1. The third kappa shape index (κ3) is 3.94. The first-order chi connectivity index (χ1) is 8.29. The summed E-state index contributed by atoms with van der Waals surface area (Å²) in [6, 6.07) is 0. The smallest absolute Gasteiger partial charge is 0.0894 e. The van der Waals surface area contributed by atoms with E-state index >= 15 is 0 Å². The number of halogens is 1. The average Bonchev–Trinajstić information content (AvgIpc) is 2.38. The molecule has 2 saturated carbocycles. The maximum Gasteiger partial charge on any atom is 0.0894 e. The van der Waals surface area contributed by atoms with Gasteiger partial charge >= 0.3 is 0 Å². The second kappa shape index (κ2) is 6.72. The molecular weight excluding hydrogens is 215 g/mol. The summed E-state index contributed by atoms with van der Waals surface area (Å²) in [5.74, 6) is 2.58. The monoisotopic (exact) mass is 242 g/mol. The molecule has 0 saturated heterocycles. The van der Waals surface area contributed by atoms with E-state index in [2.05, 4.69) is 0 Å². The fourth-order valence-corrected chi connectivity index (χ4v) is 3.89. The average molecular weight is 242 g/mol. The van der Waals surface area contributed by atoms with Gasteiger partial charge in [-0.3, -0.25) is 4.39 Å². The minimum atomic E-state index is -0.138. The molecule has 2 rings (SSSR count). The van der Waals surface area contributed by atoms with Crippen LogP contribution in [0.1, 0.15) is 64.2 Å². The Morgan fingerprint density at radius 1 is 0.824 bits per heavy atom. The number of aliphatic hydroxyl groups is 1. The predicted octanol–water partition coefficient (Wildman–Crippen LogP) is 4.09.